The van der Waals surface area contributed by atoms with Crippen molar-refractivity contribution < 1.29 is 9.90 Å². The summed E-state index contributed by atoms with van der Waals surface area (Å²) in [5.41, 5.74) is 0.881. The standard InChI is InChI=1S/C14H19NO2S/c1-10(2)11(3)14(17)15-9-13-12(5-4-7-16)6-8-18-13/h6,8,10-11,16H,7,9H2,1-3H3,(H,15,17). The first-order chi connectivity index (χ1) is 8.56. The normalized spacial score (nSPS) is 11.8. The molecule has 0 radical (unpaired) electrons. The largest absolute Gasteiger partial charge is 0.384 e. The van der Waals surface area contributed by atoms with Crippen LogP contribution in [0.25, 0.3) is 0 Å². The molecular weight excluding hydrogens is 246 g/mol. The molecule has 1 atom stereocenters. The van der Waals surface area contributed by atoms with Gasteiger partial charge in [-0.2, -0.15) is 0 Å². The number of carbonyl (C=O) groups excluding carboxylic acids is 1. The Bertz CT molecular complexity index is 454. The average molecular weight is 265 g/mol. The van der Waals surface area contributed by atoms with Crippen molar-refractivity contribution in [3.05, 3.63) is 21.9 Å². The maximum absolute atomic E-state index is 11.8. The second kappa shape index (κ2) is 7.20. The predicted molar refractivity (Wildman–Crippen MR) is 74.1 cm³/mol. The van der Waals surface area contributed by atoms with E-state index in [9.17, 15) is 4.79 Å². The Morgan fingerprint density at radius 1 is 1.50 bits per heavy atom. The van der Waals surface area contributed by atoms with Gasteiger partial charge in [-0.15, -0.1) is 11.3 Å². The number of hydrogen-bond acceptors (Lipinski definition) is 3. The molecule has 4 heteroatoms. The van der Waals surface area contributed by atoms with Gasteiger partial charge >= 0.3 is 0 Å². The smallest absolute Gasteiger partial charge is 0.223 e. The molecule has 1 aromatic rings. The summed E-state index contributed by atoms with van der Waals surface area (Å²) >= 11 is 1.56. The Morgan fingerprint density at radius 2 is 2.22 bits per heavy atom. The third-order valence-corrected chi connectivity index (χ3v) is 3.81. The quantitative estimate of drug-likeness (QED) is 0.818. The Hall–Kier alpha value is -1.31. The minimum Gasteiger partial charge on any atom is -0.384 e. The summed E-state index contributed by atoms with van der Waals surface area (Å²) in [5, 5.41) is 13.5. The van der Waals surface area contributed by atoms with E-state index in [0.29, 0.717) is 12.5 Å². The number of amides is 1. The second-order valence-corrected chi connectivity index (χ2v) is 5.47. The summed E-state index contributed by atoms with van der Waals surface area (Å²) in [5.74, 6) is 5.91. The van der Waals surface area contributed by atoms with Crippen molar-refractivity contribution in [2.75, 3.05) is 6.61 Å². The van der Waals surface area contributed by atoms with Crippen LogP contribution >= 0.6 is 11.3 Å². The van der Waals surface area contributed by atoms with Crippen molar-refractivity contribution in [1.29, 1.82) is 0 Å². The van der Waals surface area contributed by atoms with E-state index in [1.165, 1.54) is 0 Å². The highest BCUT2D eigenvalue weighted by molar-refractivity contribution is 7.10. The van der Waals surface area contributed by atoms with Gasteiger partial charge < -0.3 is 10.4 Å². The monoisotopic (exact) mass is 265 g/mol. The van der Waals surface area contributed by atoms with Gasteiger partial charge in [0.2, 0.25) is 5.91 Å². The van der Waals surface area contributed by atoms with Crippen LogP contribution in [0.4, 0.5) is 0 Å². The van der Waals surface area contributed by atoms with Crippen LogP contribution in [0.2, 0.25) is 0 Å². The summed E-state index contributed by atoms with van der Waals surface area (Å²) in [6.07, 6.45) is 0. The predicted octanol–water partition coefficient (Wildman–Crippen LogP) is 2.00. The summed E-state index contributed by atoms with van der Waals surface area (Å²) in [6, 6.07) is 1.90. The summed E-state index contributed by atoms with van der Waals surface area (Å²) in [4.78, 5) is 12.9. The van der Waals surface area contributed by atoms with Crippen molar-refractivity contribution in [2.45, 2.75) is 27.3 Å². The van der Waals surface area contributed by atoms with Crippen LogP contribution in [0.1, 0.15) is 31.2 Å². The molecule has 0 spiro atoms. The third kappa shape index (κ3) is 4.17. The lowest BCUT2D eigenvalue weighted by Crippen LogP contribution is -2.31. The Balaban J connectivity index is 2.59. The van der Waals surface area contributed by atoms with Gasteiger partial charge in [-0.3, -0.25) is 4.79 Å². The van der Waals surface area contributed by atoms with Gasteiger partial charge in [0.15, 0.2) is 0 Å². The van der Waals surface area contributed by atoms with E-state index < -0.39 is 0 Å². The molecule has 1 heterocycles. The second-order valence-electron chi connectivity index (χ2n) is 4.47. The molecule has 3 nitrogen and oxygen atoms in total. The third-order valence-electron chi connectivity index (χ3n) is 2.88. The van der Waals surface area contributed by atoms with E-state index >= 15 is 0 Å². The van der Waals surface area contributed by atoms with E-state index in [2.05, 4.69) is 17.2 Å². The van der Waals surface area contributed by atoms with E-state index in [-0.39, 0.29) is 18.4 Å². The molecule has 0 aliphatic carbocycles. The number of carbonyl (C=O) groups is 1. The lowest BCUT2D eigenvalue weighted by Gasteiger charge is -2.14. The SMILES string of the molecule is CC(C)C(C)C(=O)NCc1sccc1C#CCO. The molecule has 18 heavy (non-hydrogen) atoms. The highest BCUT2D eigenvalue weighted by Gasteiger charge is 2.16. The number of rotatable bonds is 4. The fraction of sp³-hybridized carbons (Fsp3) is 0.500. The van der Waals surface area contributed by atoms with Crippen molar-refractivity contribution >= 4 is 17.2 Å². The van der Waals surface area contributed by atoms with Crippen LogP contribution in [-0.4, -0.2) is 17.6 Å². The molecule has 98 valence electrons. The molecule has 0 bridgehead atoms. The van der Waals surface area contributed by atoms with Gasteiger partial charge in [0.1, 0.15) is 6.61 Å². The van der Waals surface area contributed by atoms with Crippen LogP contribution in [0.5, 0.6) is 0 Å². The van der Waals surface area contributed by atoms with Crippen LogP contribution in [-0.2, 0) is 11.3 Å². The molecule has 1 aromatic heterocycles. The molecule has 0 aliphatic heterocycles. The zero-order valence-corrected chi connectivity index (χ0v) is 11.8. The number of hydrogen-bond donors (Lipinski definition) is 2. The molecule has 0 aromatic carbocycles. The van der Waals surface area contributed by atoms with E-state index in [4.69, 9.17) is 5.11 Å². The molecule has 1 amide bonds. The number of aliphatic hydroxyl groups is 1. The van der Waals surface area contributed by atoms with Gasteiger partial charge in [0.25, 0.3) is 0 Å². The summed E-state index contributed by atoms with van der Waals surface area (Å²) in [6.45, 7) is 6.36. The van der Waals surface area contributed by atoms with Crippen LogP contribution < -0.4 is 5.32 Å². The topological polar surface area (TPSA) is 49.3 Å². The molecule has 0 aliphatic rings. The van der Waals surface area contributed by atoms with Gasteiger partial charge in [0, 0.05) is 16.4 Å². The highest BCUT2D eigenvalue weighted by atomic mass is 32.1. The van der Waals surface area contributed by atoms with Gasteiger partial charge in [-0.05, 0) is 17.4 Å². The highest BCUT2D eigenvalue weighted by Crippen LogP contribution is 2.16. The minimum atomic E-state index is -0.147. The minimum absolute atomic E-state index is 0.0111. The van der Waals surface area contributed by atoms with Crippen molar-refractivity contribution in [3.8, 4) is 11.8 Å². The lowest BCUT2D eigenvalue weighted by atomic mass is 9.97. The zero-order valence-electron chi connectivity index (χ0n) is 11.0. The summed E-state index contributed by atoms with van der Waals surface area (Å²) in [7, 11) is 0. The van der Waals surface area contributed by atoms with Crippen LogP contribution in [0.3, 0.4) is 0 Å². The van der Waals surface area contributed by atoms with Gasteiger partial charge in [-0.1, -0.05) is 32.6 Å². The van der Waals surface area contributed by atoms with Crippen LogP contribution in [0, 0.1) is 23.7 Å². The first-order valence-corrected chi connectivity index (χ1v) is 6.88. The zero-order chi connectivity index (χ0) is 13.5. The first-order valence-electron chi connectivity index (χ1n) is 6.00. The Morgan fingerprint density at radius 3 is 2.83 bits per heavy atom. The van der Waals surface area contributed by atoms with Crippen molar-refractivity contribution in [2.24, 2.45) is 11.8 Å². The van der Waals surface area contributed by atoms with Crippen LogP contribution in [0.15, 0.2) is 11.4 Å². The molecular formula is C14H19NO2S. The lowest BCUT2D eigenvalue weighted by molar-refractivity contribution is -0.125. The summed E-state index contributed by atoms with van der Waals surface area (Å²) < 4.78 is 0. The molecule has 0 saturated heterocycles. The number of aliphatic hydroxyl groups excluding tert-OH is 1. The van der Waals surface area contributed by atoms with Gasteiger partial charge in [-0.25, -0.2) is 0 Å². The van der Waals surface area contributed by atoms with E-state index in [1.54, 1.807) is 11.3 Å². The van der Waals surface area contributed by atoms with Crippen molar-refractivity contribution in [1.82, 2.24) is 5.32 Å². The fourth-order valence-corrected chi connectivity index (χ4v) is 2.12. The Labute approximate surface area is 112 Å². The Kier molecular flexibility index (Phi) is 5.90. The number of nitrogens with one attached hydrogen (secondary N) is 1. The molecule has 1 unspecified atom stereocenters. The molecule has 2 N–H and O–H groups in total. The molecule has 0 fully saturated rings. The van der Waals surface area contributed by atoms with Gasteiger partial charge in [0.05, 0.1) is 6.54 Å². The fourth-order valence-electron chi connectivity index (χ4n) is 1.35. The van der Waals surface area contributed by atoms with E-state index in [1.807, 2.05) is 32.2 Å². The number of thiophene rings is 1. The first kappa shape index (κ1) is 14.7. The van der Waals surface area contributed by atoms with E-state index in [0.717, 1.165) is 10.4 Å². The molecule has 0 saturated carbocycles. The maximum atomic E-state index is 11.8. The average Bonchev–Trinajstić information content (AvgIpc) is 2.79. The van der Waals surface area contributed by atoms with Crippen molar-refractivity contribution in [3.63, 3.8) is 0 Å². The maximum Gasteiger partial charge on any atom is 0.223 e. The molecule has 1 rings (SSSR count).